The number of benzene rings is 1. The highest BCUT2D eigenvalue weighted by Crippen LogP contribution is 2.22. The van der Waals surface area contributed by atoms with Crippen LogP contribution < -0.4 is 0 Å². The zero-order valence-corrected chi connectivity index (χ0v) is 16.5. The van der Waals surface area contributed by atoms with E-state index in [2.05, 4.69) is 0 Å². The molecule has 2 heterocycles. The first kappa shape index (κ1) is 20.2. The summed E-state index contributed by atoms with van der Waals surface area (Å²) in [4.78, 5) is 16.4. The van der Waals surface area contributed by atoms with Gasteiger partial charge in [-0.1, -0.05) is 18.2 Å². The summed E-state index contributed by atoms with van der Waals surface area (Å²) in [6.45, 7) is 1.53. The molecule has 2 atom stereocenters. The Kier molecular flexibility index (Phi) is 6.49. The van der Waals surface area contributed by atoms with Crippen LogP contribution in [0.4, 0.5) is 4.39 Å². The minimum absolute atomic E-state index is 0.0164. The van der Waals surface area contributed by atoms with E-state index in [4.69, 9.17) is 4.74 Å². The maximum Gasteiger partial charge on any atom is 0.237 e. The van der Waals surface area contributed by atoms with Gasteiger partial charge in [0.25, 0.3) is 0 Å². The smallest absolute Gasteiger partial charge is 0.237 e. The number of nitrogens with zero attached hydrogens (tertiary/aromatic N) is 2. The van der Waals surface area contributed by atoms with Crippen LogP contribution in [0.2, 0.25) is 0 Å². The van der Waals surface area contributed by atoms with Gasteiger partial charge in [0.1, 0.15) is 5.82 Å². The molecule has 1 aromatic rings. The van der Waals surface area contributed by atoms with Crippen LogP contribution in [0.25, 0.3) is 0 Å². The molecule has 0 spiro atoms. The molecule has 2 fully saturated rings. The van der Waals surface area contributed by atoms with E-state index >= 15 is 0 Å². The van der Waals surface area contributed by atoms with Gasteiger partial charge in [0.05, 0.1) is 24.2 Å². The lowest BCUT2D eigenvalue weighted by atomic mass is 10.1. The number of sulfone groups is 1. The Balaban J connectivity index is 1.65. The minimum Gasteiger partial charge on any atom is -0.376 e. The summed E-state index contributed by atoms with van der Waals surface area (Å²) in [7, 11) is -1.32. The maximum atomic E-state index is 13.8. The lowest BCUT2D eigenvalue weighted by molar-refractivity contribution is -0.135. The summed E-state index contributed by atoms with van der Waals surface area (Å²) in [5, 5.41) is 0. The molecule has 0 saturated carbocycles. The molecular formula is C19H27FN2O4S. The lowest BCUT2D eigenvalue weighted by Crippen LogP contribution is -2.48. The number of carbonyl (C=O) groups is 1. The Morgan fingerprint density at radius 1 is 1.30 bits per heavy atom. The number of hydrogen-bond acceptors (Lipinski definition) is 5. The van der Waals surface area contributed by atoms with E-state index in [9.17, 15) is 17.6 Å². The number of carbonyl (C=O) groups excluding carboxylic acids is 1. The van der Waals surface area contributed by atoms with Crippen LogP contribution in [-0.2, 0) is 25.9 Å². The molecule has 0 aromatic heterocycles. The standard InChI is InChI=1S/C19H27FN2O4S/c1-21(11-15-5-2-3-7-18(15)20)13-19(23)22(12-17-6-4-9-26-17)16-8-10-27(24,25)14-16/h2-3,5,7,16-17H,4,6,8-14H2,1H3. The predicted molar refractivity (Wildman–Crippen MR) is 100 cm³/mol. The molecule has 0 N–H and O–H groups in total. The molecule has 6 nitrogen and oxygen atoms in total. The third kappa shape index (κ3) is 5.49. The van der Waals surface area contributed by atoms with Gasteiger partial charge in [-0.05, 0) is 32.4 Å². The lowest BCUT2D eigenvalue weighted by Gasteiger charge is -2.32. The molecule has 2 saturated heterocycles. The van der Waals surface area contributed by atoms with Crippen molar-refractivity contribution in [1.82, 2.24) is 9.80 Å². The van der Waals surface area contributed by atoms with Gasteiger partial charge < -0.3 is 9.64 Å². The minimum atomic E-state index is -3.09. The van der Waals surface area contributed by atoms with Crippen LogP contribution in [0.1, 0.15) is 24.8 Å². The molecule has 2 unspecified atom stereocenters. The van der Waals surface area contributed by atoms with E-state index in [1.54, 1.807) is 35.0 Å². The third-order valence-electron chi connectivity index (χ3n) is 5.20. The van der Waals surface area contributed by atoms with Crippen molar-refractivity contribution in [1.29, 1.82) is 0 Å². The average Bonchev–Trinajstić information content (AvgIpc) is 3.23. The van der Waals surface area contributed by atoms with Crippen molar-refractivity contribution in [3.63, 3.8) is 0 Å². The van der Waals surface area contributed by atoms with Crippen LogP contribution >= 0.6 is 0 Å². The van der Waals surface area contributed by atoms with Crippen molar-refractivity contribution < 1.29 is 22.3 Å². The van der Waals surface area contributed by atoms with E-state index in [-0.39, 0.29) is 41.9 Å². The van der Waals surface area contributed by atoms with E-state index in [0.29, 0.717) is 31.7 Å². The molecular weight excluding hydrogens is 371 g/mol. The quantitative estimate of drug-likeness (QED) is 0.696. The number of likely N-dealkylation sites (N-methyl/N-ethyl adjacent to an activating group) is 1. The summed E-state index contributed by atoms with van der Waals surface area (Å²) in [6, 6.07) is 6.20. The van der Waals surface area contributed by atoms with Gasteiger partial charge in [0.15, 0.2) is 9.84 Å². The van der Waals surface area contributed by atoms with Gasteiger partial charge in [0, 0.05) is 31.3 Å². The molecule has 150 valence electrons. The van der Waals surface area contributed by atoms with Crippen LogP contribution in [0.15, 0.2) is 24.3 Å². The Morgan fingerprint density at radius 3 is 2.70 bits per heavy atom. The fourth-order valence-electron chi connectivity index (χ4n) is 3.78. The van der Waals surface area contributed by atoms with E-state index in [1.807, 2.05) is 0 Å². The first-order valence-corrected chi connectivity index (χ1v) is 11.2. The molecule has 0 radical (unpaired) electrons. The van der Waals surface area contributed by atoms with Crippen LogP contribution in [-0.4, -0.2) is 74.5 Å². The van der Waals surface area contributed by atoms with E-state index in [1.165, 1.54) is 6.07 Å². The van der Waals surface area contributed by atoms with Gasteiger partial charge in [0.2, 0.25) is 5.91 Å². The first-order valence-electron chi connectivity index (χ1n) is 9.37. The summed E-state index contributed by atoms with van der Waals surface area (Å²) >= 11 is 0. The highest BCUT2D eigenvalue weighted by Gasteiger charge is 2.36. The first-order chi connectivity index (χ1) is 12.8. The van der Waals surface area contributed by atoms with Gasteiger partial charge in [-0.3, -0.25) is 9.69 Å². The molecule has 27 heavy (non-hydrogen) atoms. The maximum absolute atomic E-state index is 13.8. The topological polar surface area (TPSA) is 66.9 Å². The molecule has 2 aliphatic rings. The molecule has 3 rings (SSSR count). The normalized spacial score (nSPS) is 24.4. The second kappa shape index (κ2) is 8.67. The van der Waals surface area contributed by atoms with Crippen molar-refractivity contribution in [3.05, 3.63) is 35.6 Å². The van der Waals surface area contributed by atoms with Gasteiger partial charge in [-0.2, -0.15) is 0 Å². The van der Waals surface area contributed by atoms with Gasteiger partial charge in [-0.25, -0.2) is 12.8 Å². The van der Waals surface area contributed by atoms with Gasteiger partial charge >= 0.3 is 0 Å². The predicted octanol–water partition coefficient (Wildman–Crippen LogP) is 1.45. The largest absolute Gasteiger partial charge is 0.376 e. The monoisotopic (exact) mass is 398 g/mol. The number of halogens is 1. The molecule has 0 aliphatic carbocycles. The van der Waals surface area contributed by atoms with Crippen molar-refractivity contribution in [2.24, 2.45) is 0 Å². The SMILES string of the molecule is CN(CC(=O)N(CC1CCCO1)C1CCS(=O)(=O)C1)Cc1ccccc1F. The summed E-state index contributed by atoms with van der Waals surface area (Å²) in [5.41, 5.74) is 0.530. The zero-order valence-electron chi connectivity index (χ0n) is 15.6. The van der Waals surface area contributed by atoms with E-state index < -0.39 is 9.84 Å². The van der Waals surface area contributed by atoms with Crippen LogP contribution in [0, 0.1) is 5.82 Å². The fraction of sp³-hybridized carbons (Fsp3) is 0.632. The summed E-state index contributed by atoms with van der Waals surface area (Å²) < 4.78 is 43.3. The Labute approximate surface area is 160 Å². The van der Waals surface area contributed by atoms with Gasteiger partial charge in [-0.15, -0.1) is 0 Å². The van der Waals surface area contributed by atoms with Crippen LogP contribution in [0.3, 0.4) is 0 Å². The van der Waals surface area contributed by atoms with Crippen molar-refractivity contribution in [2.45, 2.75) is 38.0 Å². The van der Waals surface area contributed by atoms with Crippen molar-refractivity contribution in [2.75, 3.05) is 38.2 Å². The zero-order chi connectivity index (χ0) is 19.4. The highest BCUT2D eigenvalue weighted by atomic mass is 32.2. The number of hydrogen-bond donors (Lipinski definition) is 0. The molecule has 0 bridgehead atoms. The summed E-state index contributed by atoms with van der Waals surface area (Å²) in [6.07, 6.45) is 2.28. The second-order valence-electron chi connectivity index (χ2n) is 7.50. The third-order valence-corrected chi connectivity index (χ3v) is 6.95. The van der Waals surface area contributed by atoms with Crippen molar-refractivity contribution >= 4 is 15.7 Å². The Hall–Kier alpha value is -1.51. The fourth-order valence-corrected chi connectivity index (χ4v) is 5.51. The molecule has 2 aliphatic heterocycles. The summed E-state index contributed by atoms with van der Waals surface area (Å²) in [5.74, 6) is -0.290. The van der Waals surface area contributed by atoms with Crippen molar-refractivity contribution in [3.8, 4) is 0 Å². The molecule has 8 heteroatoms. The second-order valence-corrected chi connectivity index (χ2v) is 9.73. The number of rotatable bonds is 7. The highest BCUT2D eigenvalue weighted by molar-refractivity contribution is 7.91. The number of amides is 1. The Morgan fingerprint density at radius 2 is 2.07 bits per heavy atom. The average molecular weight is 399 g/mol. The Bertz CT molecular complexity index is 765. The number of ether oxygens (including phenoxy) is 1. The molecule has 1 amide bonds. The molecule has 1 aromatic carbocycles. The van der Waals surface area contributed by atoms with E-state index in [0.717, 1.165) is 12.8 Å². The van der Waals surface area contributed by atoms with Crippen LogP contribution in [0.5, 0.6) is 0 Å².